The summed E-state index contributed by atoms with van der Waals surface area (Å²) in [5, 5.41) is 0. The van der Waals surface area contributed by atoms with Gasteiger partial charge in [0.2, 0.25) is 0 Å². The van der Waals surface area contributed by atoms with Gasteiger partial charge in [0.1, 0.15) is 0 Å². The topological polar surface area (TPSA) is 18.5 Å². The van der Waals surface area contributed by atoms with Gasteiger partial charge in [0.25, 0.3) is 0 Å². The summed E-state index contributed by atoms with van der Waals surface area (Å²) in [6, 6.07) is 0. The Hall–Kier alpha value is -0.340. The minimum Gasteiger partial charge on any atom is -0.353 e. The fraction of sp³-hybridized carbons (Fsp3) is 0.778. The highest BCUT2D eigenvalue weighted by molar-refractivity contribution is 5.18. The second-order valence-corrected chi connectivity index (χ2v) is 2.92. The van der Waals surface area contributed by atoms with Gasteiger partial charge in [0.15, 0.2) is 6.29 Å². The van der Waals surface area contributed by atoms with Crippen LogP contribution in [0, 0.1) is 5.92 Å². The first-order valence-electron chi connectivity index (χ1n) is 4.15. The molecule has 2 heteroatoms. The van der Waals surface area contributed by atoms with E-state index in [-0.39, 0.29) is 6.29 Å². The zero-order chi connectivity index (χ0) is 8.27. The molecule has 0 aromatic rings. The molecule has 0 aromatic heterocycles. The van der Waals surface area contributed by atoms with Crippen molar-refractivity contribution in [3.05, 3.63) is 12.2 Å². The van der Waals surface area contributed by atoms with Crippen LogP contribution in [0.15, 0.2) is 12.2 Å². The van der Waals surface area contributed by atoms with Crippen LogP contribution in [0.3, 0.4) is 0 Å². The Bertz CT molecular complexity index is 142. The number of rotatable bonds is 5. The molecule has 1 rings (SSSR count). The zero-order valence-electron chi connectivity index (χ0n) is 7.30. The Labute approximate surface area is 68.2 Å². The first kappa shape index (κ1) is 8.75. The molecular formula is C9H16O2. The lowest BCUT2D eigenvalue weighted by Gasteiger charge is -2.11. The largest absolute Gasteiger partial charge is 0.353 e. The van der Waals surface area contributed by atoms with Crippen LogP contribution in [0.25, 0.3) is 0 Å². The van der Waals surface area contributed by atoms with Gasteiger partial charge in [0.05, 0.1) is 6.61 Å². The summed E-state index contributed by atoms with van der Waals surface area (Å²) >= 11 is 0. The average molecular weight is 156 g/mol. The molecule has 0 aliphatic heterocycles. The van der Waals surface area contributed by atoms with Gasteiger partial charge in [-0.25, -0.2) is 0 Å². The van der Waals surface area contributed by atoms with Crippen molar-refractivity contribution < 1.29 is 9.47 Å². The van der Waals surface area contributed by atoms with Crippen LogP contribution in [0.5, 0.6) is 0 Å². The SMILES string of the molecule is C=C1C[C@@H]1CO[C@@H](C)OCC. The molecule has 0 saturated heterocycles. The summed E-state index contributed by atoms with van der Waals surface area (Å²) in [5.74, 6) is 0.609. The first-order chi connectivity index (χ1) is 5.24. The van der Waals surface area contributed by atoms with Gasteiger partial charge in [-0.05, 0) is 20.3 Å². The third kappa shape index (κ3) is 3.04. The fourth-order valence-corrected chi connectivity index (χ4v) is 0.969. The van der Waals surface area contributed by atoms with Crippen molar-refractivity contribution in [2.24, 2.45) is 5.92 Å². The van der Waals surface area contributed by atoms with Crippen LogP contribution in [0.4, 0.5) is 0 Å². The summed E-state index contributed by atoms with van der Waals surface area (Å²) in [6.07, 6.45) is 1.08. The fourth-order valence-electron chi connectivity index (χ4n) is 0.969. The molecule has 0 bridgehead atoms. The van der Waals surface area contributed by atoms with E-state index < -0.39 is 0 Å². The van der Waals surface area contributed by atoms with Gasteiger partial charge in [0, 0.05) is 12.5 Å². The molecule has 1 fully saturated rings. The predicted octanol–water partition coefficient (Wildman–Crippen LogP) is 1.96. The molecule has 0 aromatic carbocycles. The van der Waals surface area contributed by atoms with E-state index >= 15 is 0 Å². The smallest absolute Gasteiger partial charge is 0.154 e. The molecule has 1 aliphatic rings. The van der Waals surface area contributed by atoms with Crippen molar-refractivity contribution in [1.29, 1.82) is 0 Å². The second kappa shape index (κ2) is 3.88. The summed E-state index contributed by atoms with van der Waals surface area (Å²) in [4.78, 5) is 0. The molecule has 2 nitrogen and oxygen atoms in total. The van der Waals surface area contributed by atoms with Crippen molar-refractivity contribution in [1.82, 2.24) is 0 Å². The molecule has 1 aliphatic carbocycles. The third-order valence-corrected chi connectivity index (χ3v) is 1.86. The van der Waals surface area contributed by atoms with E-state index in [9.17, 15) is 0 Å². The van der Waals surface area contributed by atoms with Gasteiger partial charge < -0.3 is 9.47 Å². The maximum Gasteiger partial charge on any atom is 0.154 e. The third-order valence-electron chi connectivity index (χ3n) is 1.86. The molecular weight excluding hydrogens is 140 g/mol. The van der Waals surface area contributed by atoms with E-state index in [1.807, 2.05) is 13.8 Å². The second-order valence-electron chi connectivity index (χ2n) is 2.92. The van der Waals surface area contributed by atoms with Crippen LogP contribution >= 0.6 is 0 Å². The van der Waals surface area contributed by atoms with Crippen LogP contribution in [-0.2, 0) is 9.47 Å². The van der Waals surface area contributed by atoms with Gasteiger partial charge in [-0.2, -0.15) is 0 Å². The standard InChI is InChI=1S/C9H16O2/c1-4-10-8(3)11-6-9-5-7(9)2/h8-9H,2,4-6H2,1,3H3/t8-,9+/m0/s1. The summed E-state index contributed by atoms with van der Waals surface area (Å²) in [7, 11) is 0. The van der Waals surface area contributed by atoms with Crippen molar-refractivity contribution in [3.63, 3.8) is 0 Å². The maximum absolute atomic E-state index is 5.39. The Kier molecular flexibility index (Phi) is 3.09. The van der Waals surface area contributed by atoms with Crippen molar-refractivity contribution in [3.8, 4) is 0 Å². The number of hydrogen-bond donors (Lipinski definition) is 0. The molecule has 64 valence electrons. The Morgan fingerprint density at radius 1 is 1.64 bits per heavy atom. The van der Waals surface area contributed by atoms with Crippen LogP contribution in [0.2, 0.25) is 0 Å². The Balaban J connectivity index is 1.98. The first-order valence-corrected chi connectivity index (χ1v) is 4.15. The van der Waals surface area contributed by atoms with Crippen LogP contribution in [0.1, 0.15) is 20.3 Å². The molecule has 0 radical (unpaired) electrons. The normalized spacial score (nSPS) is 25.3. The van der Waals surface area contributed by atoms with E-state index in [2.05, 4.69) is 6.58 Å². The van der Waals surface area contributed by atoms with Crippen molar-refractivity contribution >= 4 is 0 Å². The van der Waals surface area contributed by atoms with Crippen molar-refractivity contribution in [2.45, 2.75) is 26.6 Å². The van der Waals surface area contributed by atoms with Gasteiger partial charge >= 0.3 is 0 Å². The average Bonchev–Trinajstić information content (AvgIpc) is 2.63. The summed E-state index contributed by atoms with van der Waals surface area (Å²) in [5.41, 5.74) is 1.31. The highest BCUT2D eigenvalue weighted by Crippen LogP contribution is 2.35. The minimum atomic E-state index is -0.0617. The molecule has 11 heavy (non-hydrogen) atoms. The van der Waals surface area contributed by atoms with Crippen LogP contribution in [-0.4, -0.2) is 19.5 Å². The Morgan fingerprint density at radius 3 is 2.73 bits per heavy atom. The molecule has 2 atom stereocenters. The van der Waals surface area contributed by atoms with E-state index in [4.69, 9.17) is 9.47 Å². The lowest BCUT2D eigenvalue weighted by molar-refractivity contribution is -0.129. The monoisotopic (exact) mass is 156 g/mol. The highest BCUT2D eigenvalue weighted by Gasteiger charge is 2.27. The lowest BCUT2D eigenvalue weighted by Crippen LogP contribution is -2.14. The predicted molar refractivity (Wildman–Crippen MR) is 44.3 cm³/mol. The lowest BCUT2D eigenvalue weighted by atomic mass is 10.4. The quantitative estimate of drug-likeness (QED) is 0.447. The molecule has 0 spiro atoms. The summed E-state index contributed by atoms with van der Waals surface area (Å²) < 4.78 is 10.6. The molecule has 0 N–H and O–H groups in total. The molecule has 0 heterocycles. The van der Waals surface area contributed by atoms with E-state index in [0.717, 1.165) is 13.0 Å². The number of ether oxygens (including phenoxy) is 2. The van der Waals surface area contributed by atoms with Crippen LogP contribution < -0.4 is 0 Å². The Morgan fingerprint density at radius 2 is 2.27 bits per heavy atom. The van der Waals surface area contributed by atoms with Crippen molar-refractivity contribution in [2.75, 3.05) is 13.2 Å². The van der Waals surface area contributed by atoms with Gasteiger partial charge in [-0.3, -0.25) is 0 Å². The van der Waals surface area contributed by atoms with E-state index in [1.54, 1.807) is 0 Å². The molecule has 0 amide bonds. The van der Waals surface area contributed by atoms with Gasteiger partial charge in [-0.1, -0.05) is 12.2 Å². The summed E-state index contributed by atoms with van der Waals surface area (Å²) in [6.45, 7) is 9.24. The molecule has 1 saturated carbocycles. The van der Waals surface area contributed by atoms with E-state index in [1.165, 1.54) is 5.57 Å². The maximum atomic E-state index is 5.39. The van der Waals surface area contributed by atoms with Gasteiger partial charge in [-0.15, -0.1) is 0 Å². The zero-order valence-corrected chi connectivity index (χ0v) is 7.30. The van der Waals surface area contributed by atoms with E-state index in [0.29, 0.717) is 12.5 Å². The molecule has 0 unspecified atom stereocenters. The number of hydrogen-bond acceptors (Lipinski definition) is 2. The highest BCUT2D eigenvalue weighted by atomic mass is 16.7. The minimum absolute atomic E-state index is 0.0617.